The zero-order chi connectivity index (χ0) is 16.0. The molecule has 1 aromatic carbocycles. The molecule has 118 valence electrons. The molecule has 0 aliphatic heterocycles. The first kappa shape index (κ1) is 16.3. The van der Waals surface area contributed by atoms with Gasteiger partial charge in [-0.1, -0.05) is 18.2 Å². The monoisotopic (exact) mass is 320 g/mol. The Kier molecular flexibility index (Phi) is 5.35. The standard InChI is InChI=1S/C15H20N4O2S/c1-19(13-6-3-2-4-7-13)11-5-10-17-15-9-8-14(12-18-15)22(16,20)21/h2-4,6-9,12H,5,10-11H2,1H3,(H,17,18)(H2,16,20,21). The average Bonchev–Trinajstić information content (AvgIpc) is 2.52. The largest absolute Gasteiger partial charge is 0.375 e. The molecular weight excluding hydrogens is 300 g/mol. The molecule has 22 heavy (non-hydrogen) atoms. The highest BCUT2D eigenvalue weighted by atomic mass is 32.2. The molecule has 2 rings (SSSR count). The smallest absolute Gasteiger partial charge is 0.239 e. The van der Waals surface area contributed by atoms with E-state index >= 15 is 0 Å². The third-order valence-electron chi connectivity index (χ3n) is 3.24. The number of anilines is 2. The van der Waals surface area contributed by atoms with Gasteiger partial charge in [-0.2, -0.15) is 0 Å². The van der Waals surface area contributed by atoms with Gasteiger partial charge in [-0.3, -0.25) is 0 Å². The summed E-state index contributed by atoms with van der Waals surface area (Å²) in [6.07, 6.45) is 2.19. The van der Waals surface area contributed by atoms with Crippen LogP contribution in [0.1, 0.15) is 6.42 Å². The molecule has 0 aliphatic rings. The van der Waals surface area contributed by atoms with Crippen molar-refractivity contribution >= 4 is 21.5 Å². The van der Waals surface area contributed by atoms with Gasteiger partial charge in [0.25, 0.3) is 0 Å². The highest BCUT2D eigenvalue weighted by Gasteiger charge is 2.07. The fraction of sp³-hybridized carbons (Fsp3) is 0.267. The van der Waals surface area contributed by atoms with E-state index in [0.717, 1.165) is 19.5 Å². The Bertz CT molecular complexity index is 687. The van der Waals surface area contributed by atoms with Gasteiger partial charge in [-0.05, 0) is 30.7 Å². The fourth-order valence-electron chi connectivity index (χ4n) is 2.00. The van der Waals surface area contributed by atoms with Crippen LogP contribution in [0.5, 0.6) is 0 Å². The van der Waals surface area contributed by atoms with Crippen LogP contribution in [0, 0.1) is 0 Å². The Labute approximate surface area is 131 Å². The molecule has 6 nitrogen and oxygen atoms in total. The molecule has 0 aliphatic carbocycles. The Balaban J connectivity index is 1.77. The van der Waals surface area contributed by atoms with Gasteiger partial charge in [0, 0.05) is 32.0 Å². The van der Waals surface area contributed by atoms with Crippen molar-refractivity contribution in [2.45, 2.75) is 11.3 Å². The number of nitrogens with zero attached hydrogens (tertiary/aromatic N) is 2. The summed E-state index contributed by atoms with van der Waals surface area (Å²) in [6, 6.07) is 13.2. The van der Waals surface area contributed by atoms with Crippen molar-refractivity contribution in [3.63, 3.8) is 0 Å². The number of primary sulfonamides is 1. The van der Waals surface area contributed by atoms with E-state index < -0.39 is 10.0 Å². The molecule has 1 heterocycles. The Morgan fingerprint density at radius 2 is 1.91 bits per heavy atom. The third kappa shape index (κ3) is 4.71. The second kappa shape index (κ2) is 7.24. The molecule has 0 amide bonds. The number of hydrogen-bond donors (Lipinski definition) is 2. The number of aromatic nitrogens is 1. The van der Waals surface area contributed by atoms with Crippen LogP contribution >= 0.6 is 0 Å². The van der Waals surface area contributed by atoms with Crippen molar-refractivity contribution in [3.05, 3.63) is 48.7 Å². The van der Waals surface area contributed by atoms with Gasteiger partial charge in [0.2, 0.25) is 10.0 Å². The number of nitrogens with one attached hydrogen (secondary N) is 1. The quantitative estimate of drug-likeness (QED) is 0.758. The summed E-state index contributed by atoms with van der Waals surface area (Å²) in [5, 5.41) is 8.18. The minimum Gasteiger partial charge on any atom is -0.375 e. The predicted octanol–water partition coefficient (Wildman–Crippen LogP) is 1.67. The number of nitrogens with two attached hydrogens (primary N) is 1. The lowest BCUT2D eigenvalue weighted by Gasteiger charge is -2.19. The molecule has 2 aromatic rings. The van der Waals surface area contributed by atoms with Gasteiger partial charge >= 0.3 is 0 Å². The second-order valence-electron chi connectivity index (χ2n) is 4.96. The molecule has 0 saturated carbocycles. The molecule has 0 saturated heterocycles. The third-order valence-corrected chi connectivity index (χ3v) is 4.14. The first-order valence-corrected chi connectivity index (χ1v) is 8.50. The van der Waals surface area contributed by atoms with Crippen LogP contribution < -0.4 is 15.4 Å². The molecule has 1 aromatic heterocycles. The van der Waals surface area contributed by atoms with E-state index in [1.165, 1.54) is 18.0 Å². The van der Waals surface area contributed by atoms with E-state index in [0.29, 0.717) is 5.82 Å². The number of hydrogen-bond acceptors (Lipinski definition) is 5. The van der Waals surface area contributed by atoms with E-state index in [2.05, 4.69) is 34.4 Å². The minimum atomic E-state index is -3.68. The maximum atomic E-state index is 11.1. The predicted molar refractivity (Wildman–Crippen MR) is 88.4 cm³/mol. The minimum absolute atomic E-state index is 0.0156. The van der Waals surface area contributed by atoms with Gasteiger partial charge in [0.1, 0.15) is 10.7 Å². The lowest BCUT2D eigenvalue weighted by atomic mass is 10.3. The summed E-state index contributed by atoms with van der Waals surface area (Å²) < 4.78 is 22.3. The van der Waals surface area contributed by atoms with Crippen LogP contribution in [0.15, 0.2) is 53.6 Å². The summed E-state index contributed by atoms with van der Waals surface area (Å²) in [7, 11) is -1.63. The zero-order valence-corrected chi connectivity index (χ0v) is 13.3. The van der Waals surface area contributed by atoms with E-state index in [1.807, 2.05) is 18.2 Å². The number of para-hydroxylation sites is 1. The summed E-state index contributed by atoms with van der Waals surface area (Å²) in [5.74, 6) is 0.634. The number of benzene rings is 1. The van der Waals surface area contributed by atoms with Crippen LogP contribution in [0.25, 0.3) is 0 Å². The SMILES string of the molecule is CN(CCCNc1ccc(S(N)(=O)=O)cn1)c1ccccc1. The van der Waals surface area contributed by atoms with Crippen LogP contribution in [-0.2, 0) is 10.0 Å². The van der Waals surface area contributed by atoms with E-state index in [1.54, 1.807) is 6.07 Å². The molecule has 0 fully saturated rings. The molecule has 0 spiro atoms. The van der Waals surface area contributed by atoms with Crippen molar-refractivity contribution < 1.29 is 8.42 Å². The lowest BCUT2D eigenvalue weighted by Crippen LogP contribution is -2.20. The molecule has 7 heteroatoms. The Morgan fingerprint density at radius 1 is 1.18 bits per heavy atom. The van der Waals surface area contributed by atoms with Crippen LogP contribution in [-0.4, -0.2) is 33.5 Å². The van der Waals surface area contributed by atoms with Crippen LogP contribution in [0.2, 0.25) is 0 Å². The van der Waals surface area contributed by atoms with E-state index in [9.17, 15) is 8.42 Å². The van der Waals surface area contributed by atoms with Crippen molar-refractivity contribution in [2.24, 2.45) is 5.14 Å². The molecular formula is C15H20N4O2S. The fourth-order valence-corrected chi connectivity index (χ4v) is 2.45. The molecule has 0 atom stereocenters. The highest BCUT2D eigenvalue weighted by Crippen LogP contribution is 2.11. The summed E-state index contributed by atoms with van der Waals surface area (Å²) in [5.41, 5.74) is 1.18. The summed E-state index contributed by atoms with van der Waals surface area (Å²) in [6.45, 7) is 1.66. The number of rotatable bonds is 7. The van der Waals surface area contributed by atoms with Crippen LogP contribution in [0.4, 0.5) is 11.5 Å². The number of sulfonamides is 1. The van der Waals surface area contributed by atoms with E-state index in [4.69, 9.17) is 5.14 Å². The number of pyridine rings is 1. The summed E-state index contributed by atoms with van der Waals surface area (Å²) >= 11 is 0. The summed E-state index contributed by atoms with van der Waals surface area (Å²) in [4.78, 5) is 6.23. The Morgan fingerprint density at radius 3 is 2.50 bits per heavy atom. The first-order valence-electron chi connectivity index (χ1n) is 6.96. The zero-order valence-electron chi connectivity index (χ0n) is 12.4. The van der Waals surface area contributed by atoms with Gasteiger partial charge in [0.15, 0.2) is 0 Å². The van der Waals surface area contributed by atoms with Gasteiger partial charge in [-0.15, -0.1) is 0 Å². The van der Waals surface area contributed by atoms with Crippen molar-refractivity contribution in [2.75, 3.05) is 30.4 Å². The van der Waals surface area contributed by atoms with E-state index in [-0.39, 0.29) is 4.90 Å². The van der Waals surface area contributed by atoms with Crippen molar-refractivity contribution in [1.29, 1.82) is 0 Å². The maximum absolute atomic E-state index is 11.1. The lowest BCUT2D eigenvalue weighted by molar-refractivity contribution is 0.597. The average molecular weight is 320 g/mol. The second-order valence-corrected chi connectivity index (χ2v) is 6.52. The molecule has 0 unspecified atom stereocenters. The van der Waals surface area contributed by atoms with Crippen molar-refractivity contribution in [1.82, 2.24) is 4.98 Å². The van der Waals surface area contributed by atoms with Gasteiger partial charge < -0.3 is 10.2 Å². The molecule has 0 radical (unpaired) electrons. The van der Waals surface area contributed by atoms with Gasteiger partial charge in [0.05, 0.1) is 0 Å². The molecule has 3 N–H and O–H groups in total. The Hall–Kier alpha value is -2.12. The highest BCUT2D eigenvalue weighted by molar-refractivity contribution is 7.89. The molecule has 0 bridgehead atoms. The normalized spacial score (nSPS) is 11.2. The topological polar surface area (TPSA) is 88.3 Å². The first-order chi connectivity index (χ1) is 10.5. The van der Waals surface area contributed by atoms with Crippen molar-refractivity contribution in [3.8, 4) is 0 Å². The van der Waals surface area contributed by atoms with Gasteiger partial charge in [-0.25, -0.2) is 18.5 Å². The maximum Gasteiger partial charge on any atom is 0.239 e. The van der Waals surface area contributed by atoms with Crippen LogP contribution in [0.3, 0.4) is 0 Å².